The number of rotatable bonds is 13. The number of anilines is 12. The molecule has 0 atom stereocenters. The fourth-order valence-electron chi connectivity index (χ4n) is 9.97. The summed E-state index contributed by atoms with van der Waals surface area (Å²) in [5.74, 6) is 0. The summed E-state index contributed by atoms with van der Waals surface area (Å²) in [7, 11) is 0. The second-order valence-electron chi connectivity index (χ2n) is 17.8. The van der Waals surface area contributed by atoms with Gasteiger partial charge in [0, 0.05) is 67.6 Å². The van der Waals surface area contributed by atoms with Gasteiger partial charge in [0.05, 0.1) is 11.4 Å². The number of nitrogens with zero attached hydrogens (tertiary/aromatic N) is 4. The van der Waals surface area contributed by atoms with E-state index in [1.54, 1.807) is 0 Å². The van der Waals surface area contributed by atoms with Gasteiger partial charge in [-0.25, -0.2) is 0 Å². The summed E-state index contributed by atoms with van der Waals surface area (Å²) in [5, 5.41) is 4.83. The molecule has 0 saturated heterocycles. The zero-order valence-electron chi connectivity index (χ0n) is 39.7. The van der Waals surface area contributed by atoms with Crippen molar-refractivity contribution in [2.24, 2.45) is 0 Å². The van der Waals surface area contributed by atoms with Crippen molar-refractivity contribution in [3.8, 4) is 11.1 Å². The third-order valence-electron chi connectivity index (χ3n) is 13.4. The molecule has 0 aliphatic carbocycles. The van der Waals surface area contributed by atoms with Crippen LogP contribution in [-0.4, -0.2) is 0 Å². The predicted octanol–water partition coefficient (Wildman–Crippen LogP) is 19.5. The summed E-state index contributed by atoms with van der Waals surface area (Å²) >= 11 is 0. The van der Waals surface area contributed by atoms with Gasteiger partial charge >= 0.3 is 0 Å². The molecule has 0 amide bonds. The SMILES string of the molecule is c1ccc(N(c2ccccc2)c2ccc(N(c3ccc(-c4ccc(N(c5cccc6ccccc56)c5cccc6ccccc56)cc4)cc3)c3ccc(N(c4ccccc4)c4ccccc4)cc3)cc2)cc1. The van der Waals surface area contributed by atoms with Crippen LogP contribution in [0, 0.1) is 0 Å². The van der Waals surface area contributed by atoms with Gasteiger partial charge in [0.15, 0.2) is 0 Å². The van der Waals surface area contributed by atoms with Gasteiger partial charge in [-0.2, -0.15) is 0 Å². The topological polar surface area (TPSA) is 13.0 Å². The van der Waals surface area contributed by atoms with Crippen molar-refractivity contribution < 1.29 is 0 Å². The first-order valence-electron chi connectivity index (χ1n) is 24.5. The smallest absolute Gasteiger partial charge is 0.0540 e. The predicted molar refractivity (Wildman–Crippen MR) is 306 cm³/mol. The van der Waals surface area contributed by atoms with Crippen molar-refractivity contribution in [1.82, 2.24) is 0 Å². The molecule has 4 heteroatoms. The Kier molecular flexibility index (Phi) is 12.0. The fourth-order valence-corrected chi connectivity index (χ4v) is 9.97. The maximum absolute atomic E-state index is 2.41. The summed E-state index contributed by atoms with van der Waals surface area (Å²) in [6, 6.07) is 108. The molecule has 0 bridgehead atoms. The third kappa shape index (κ3) is 8.70. The standard InChI is InChI=1S/C68H50N4/c1-5-23-55(24-6-1)69(56-25-7-2-8-26-56)60-43-47-62(48-44-60)71(63-49-45-61(46-50-63)70(57-27-9-3-10-28-57)58-29-11-4-12-30-58)59-39-35-51(36-40-59)52-37-41-64(42-38-52)72(67-33-17-21-53-19-13-15-31-65(53)67)68-34-18-22-54-20-14-16-32-66(54)68/h1-50H. The lowest BCUT2D eigenvalue weighted by atomic mass is 10.0. The van der Waals surface area contributed by atoms with Crippen LogP contribution in [-0.2, 0) is 0 Å². The molecule has 0 unspecified atom stereocenters. The molecule has 72 heavy (non-hydrogen) atoms. The van der Waals surface area contributed by atoms with Crippen molar-refractivity contribution in [2.45, 2.75) is 0 Å². The van der Waals surface area contributed by atoms with Crippen LogP contribution in [0.3, 0.4) is 0 Å². The van der Waals surface area contributed by atoms with Crippen LogP contribution < -0.4 is 19.6 Å². The van der Waals surface area contributed by atoms with Gasteiger partial charge in [0.1, 0.15) is 0 Å². The first-order chi connectivity index (χ1) is 35.7. The molecular formula is C68H50N4. The number of benzene rings is 12. The number of hydrogen-bond acceptors (Lipinski definition) is 4. The Bertz CT molecular complexity index is 3420. The largest absolute Gasteiger partial charge is 0.311 e. The molecule has 0 aliphatic rings. The van der Waals surface area contributed by atoms with Crippen LogP contribution in [0.25, 0.3) is 32.7 Å². The van der Waals surface area contributed by atoms with Crippen molar-refractivity contribution in [1.29, 1.82) is 0 Å². The van der Waals surface area contributed by atoms with Gasteiger partial charge in [-0.1, -0.05) is 170 Å². The average Bonchev–Trinajstić information content (AvgIpc) is 3.46. The highest BCUT2D eigenvalue weighted by Gasteiger charge is 2.20. The Hall–Kier alpha value is -9.64. The Morgan fingerprint density at radius 2 is 0.375 bits per heavy atom. The van der Waals surface area contributed by atoms with Gasteiger partial charge in [0.2, 0.25) is 0 Å². The molecule has 342 valence electrons. The van der Waals surface area contributed by atoms with Crippen LogP contribution >= 0.6 is 0 Å². The Morgan fingerprint density at radius 1 is 0.153 bits per heavy atom. The molecule has 0 aliphatic heterocycles. The van der Waals surface area contributed by atoms with E-state index in [1.165, 1.54) is 21.5 Å². The van der Waals surface area contributed by atoms with Crippen LogP contribution in [0.15, 0.2) is 303 Å². The monoisotopic (exact) mass is 922 g/mol. The molecule has 0 radical (unpaired) electrons. The molecule has 0 heterocycles. The zero-order chi connectivity index (χ0) is 48.1. The van der Waals surface area contributed by atoms with Crippen LogP contribution in [0.4, 0.5) is 68.2 Å². The van der Waals surface area contributed by atoms with E-state index in [-0.39, 0.29) is 0 Å². The minimum atomic E-state index is 1.05. The minimum absolute atomic E-state index is 1.05. The first-order valence-corrected chi connectivity index (χ1v) is 24.5. The van der Waals surface area contributed by atoms with Crippen molar-refractivity contribution in [3.05, 3.63) is 303 Å². The maximum atomic E-state index is 2.41. The van der Waals surface area contributed by atoms with E-state index in [1.807, 2.05) is 0 Å². The van der Waals surface area contributed by atoms with Crippen LogP contribution in [0.2, 0.25) is 0 Å². The number of hydrogen-bond donors (Lipinski definition) is 0. The summed E-state index contributed by atoms with van der Waals surface area (Å²) in [5.41, 5.74) is 15.4. The van der Waals surface area contributed by atoms with Gasteiger partial charge in [0.25, 0.3) is 0 Å². The normalized spacial score (nSPS) is 11.1. The molecule has 12 aromatic carbocycles. The van der Waals surface area contributed by atoms with E-state index >= 15 is 0 Å². The lowest BCUT2D eigenvalue weighted by molar-refractivity contribution is 1.24. The van der Waals surface area contributed by atoms with Crippen LogP contribution in [0.1, 0.15) is 0 Å². The molecule has 12 aromatic rings. The molecule has 0 fully saturated rings. The van der Waals surface area contributed by atoms with Gasteiger partial charge in [-0.3, -0.25) is 0 Å². The number of fused-ring (bicyclic) bond motifs is 2. The maximum Gasteiger partial charge on any atom is 0.0540 e. The highest BCUT2D eigenvalue weighted by atomic mass is 15.2. The van der Waals surface area contributed by atoms with Gasteiger partial charge in [-0.05, 0) is 155 Å². The molecule has 0 saturated carbocycles. The first kappa shape index (κ1) is 43.6. The summed E-state index contributed by atoms with van der Waals surface area (Å²) in [6.07, 6.45) is 0. The summed E-state index contributed by atoms with van der Waals surface area (Å²) in [4.78, 5) is 9.35. The quantitative estimate of drug-likeness (QED) is 0.114. The van der Waals surface area contributed by atoms with E-state index in [4.69, 9.17) is 0 Å². The minimum Gasteiger partial charge on any atom is -0.311 e. The third-order valence-corrected chi connectivity index (χ3v) is 13.4. The Labute approximate surface area is 421 Å². The lowest BCUT2D eigenvalue weighted by Gasteiger charge is -2.29. The molecule has 0 N–H and O–H groups in total. The van der Waals surface area contributed by atoms with Gasteiger partial charge < -0.3 is 19.6 Å². The van der Waals surface area contributed by atoms with E-state index in [2.05, 4.69) is 323 Å². The van der Waals surface area contributed by atoms with Crippen molar-refractivity contribution in [2.75, 3.05) is 19.6 Å². The van der Waals surface area contributed by atoms with E-state index in [9.17, 15) is 0 Å². The highest BCUT2D eigenvalue weighted by Crippen LogP contribution is 2.44. The second-order valence-corrected chi connectivity index (χ2v) is 17.8. The summed E-state index contributed by atoms with van der Waals surface area (Å²) < 4.78 is 0. The van der Waals surface area contributed by atoms with Crippen LogP contribution in [0.5, 0.6) is 0 Å². The lowest BCUT2D eigenvalue weighted by Crippen LogP contribution is -2.13. The second kappa shape index (κ2) is 19.8. The average molecular weight is 923 g/mol. The number of para-hydroxylation sites is 4. The van der Waals surface area contributed by atoms with E-state index < -0.39 is 0 Å². The molecule has 0 aromatic heterocycles. The molecule has 12 rings (SSSR count). The zero-order valence-corrected chi connectivity index (χ0v) is 39.7. The van der Waals surface area contributed by atoms with E-state index in [0.29, 0.717) is 0 Å². The Balaban J connectivity index is 0.914. The molecule has 4 nitrogen and oxygen atoms in total. The van der Waals surface area contributed by atoms with Gasteiger partial charge in [-0.15, -0.1) is 0 Å². The van der Waals surface area contributed by atoms with Crippen molar-refractivity contribution in [3.63, 3.8) is 0 Å². The molecule has 0 spiro atoms. The molecular weight excluding hydrogens is 873 g/mol. The van der Waals surface area contributed by atoms with E-state index in [0.717, 1.165) is 79.4 Å². The summed E-state index contributed by atoms with van der Waals surface area (Å²) in [6.45, 7) is 0. The fraction of sp³-hybridized carbons (Fsp3) is 0. The van der Waals surface area contributed by atoms with Crippen molar-refractivity contribution >= 4 is 89.8 Å². The highest BCUT2D eigenvalue weighted by molar-refractivity contribution is 6.05. The Morgan fingerprint density at radius 3 is 0.681 bits per heavy atom.